The third-order valence-electron chi connectivity index (χ3n) is 6.05. The third kappa shape index (κ3) is 4.21. The molecule has 0 bridgehead atoms. The smallest absolute Gasteiger partial charge is 0.269 e. The van der Waals surface area contributed by atoms with E-state index in [4.69, 9.17) is 0 Å². The van der Waals surface area contributed by atoms with E-state index in [1.807, 2.05) is 19.1 Å². The predicted octanol–water partition coefficient (Wildman–Crippen LogP) is 4.26. The first-order valence-corrected chi connectivity index (χ1v) is 10.6. The number of non-ortho nitro benzene ring substituents is 1. The summed E-state index contributed by atoms with van der Waals surface area (Å²) >= 11 is 0. The number of fused-ring (bicyclic) bond motifs is 1. The van der Waals surface area contributed by atoms with Gasteiger partial charge in [-0.25, -0.2) is 0 Å². The van der Waals surface area contributed by atoms with Crippen LogP contribution in [0.5, 0.6) is 0 Å². The minimum atomic E-state index is -0.904. The molecule has 1 fully saturated rings. The highest BCUT2D eigenvalue weighted by Gasteiger charge is 2.28. The number of carbonyl (C=O) groups excluding carboxylic acids is 1. The molecule has 31 heavy (non-hydrogen) atoms. The van der Waals surface area contributed by atoms with Crippen molar-refractivity contribution < 1.29 is 9.72 Å². The molecule has 1 amide bonds. The summed E-state index contributed by atoms with van der Waals surface area (Å²) in [7, 11) is 0. The number of hydrogen-bond acceptors (Lipinski definition) is 4. The molecule has 1 aliphatic rings. The topological polar surface area (TPSA) is 94.2 Å². The van der Waals surface area contributed by atoms with Crippen molar-refractivity contribution in [2.75, 3.05) is 0 Å². The van der Waals surface area contributed by atoms with Crippen LogP contribution < -0.4 is 10.9 Å². The first kappa shape index (κ1) is 20.8. The quantitative estimate of drug-likeness (QED) is 0.494. The number of pyridine rings is 1. The second-order valence-electron chi connectivity index (χ2n) is 8.16. The Morgan fingerprint density at radius 3 is 2.35 bits per heavy atom. The molecule has 2 aromatic carbocycles. The Kier molecular flexibility index (Phi) is 5.84. The monoisotopic (exact) mass is 419 g/mol. The summed E-state index contributed by atoms with van der Waals surface area (Å²) in [5.74, 6) is -0.266. The van der Waals surface area contributed by atoms with Crippen LogP contribution in [0.2, 0.25) is 0 Å². The molecule has 1 aromatic heterocycles. The van der Waals surface area contributed by atoms with Crippen LogP contribution in [-0.4, -0.2) is 21.4 Å². The summed E-state index contributed by atoms with van der Waals surface area (Å²) < 4.78 is 1.46. The number of nitro groups is 1. The fourth-order valence-corrected chi connectivity index (χ4v) is 4.42. The third-order valence-corrected chi connectivity index (χ3v) is 6.05. The fraction of sp³-hybridized carbons (Fsp3) is 0.333. The van der Waals surface area contributed by atoms with Crippen LogP contribution in [0.25, 0.3) is 10.8 Å². The van der Waals surface area contributed by atoms with Crippen molar-refractivity contribution in [2.45, 2.75) is 51.1 Å². The normalized spacial score (nSPS) is 15.5. The molecule has 1 aliphatic carbocycles. The van der Waals surface area contributed by atoms with E-state index < -0.39 is 11.0 Å². The van der Waals surface area contributed by atoms with Gasteiger partial charge in [0, 0.05) is 29.8 Å². The summed E-state index contributed by atoms with van der Waals surface area (Å²) in [6, 6.07) is 12.4. The number of nitro benzene ring substituents is 1. The van der Waals surface area contributed by atoms with Crippen molar-refractivity contribution in [2.24, 2.45) is 0 Å². The van der Waals surface area contributed by atoms with E-state index in [0.717, 1.165) is 36.6 Å². The lowest BCUT2D eigenvalue weighted by molar-refractivity contribution is -0.384. The van der Waals surface area contributed by atoms with Crippen molar-refractivity contribution >= 4 is 22.4 Å². The highest BCUT2D eigenvalue weighted by molar-refractivity contribution is 5.87. The highest BCUT2D eigenvalue weighted by Crippen LogP contribution is 2.25. The molecular formula is C24H25N3O4. The van der Waals surface area contributed by atoms with Crippen LogP contribution in [-0.2, 0) is 4.79 Å². The van der Waals surface area contributed by atoms with Crippen LogP contribution in [0.3, 0.4) is 0 Å². The molecular weight excluding hydrogens is 394 g/mol. The first-order valence-electron chi connectivity index (χ1n) is 10.6. The zero-order chi connectivity index (χ0) is 22.0. The van der Waals surface area contributed by atoms with Crippen LogP contribution in [0, 0.1) is 17.0 Å². The molecule has 7 heteroatoms. The van der Waals surface area contributed by atoms with E-state index in [1.165, 1.54) is 23.1 Å². The molecule has 0 radical (unpaired) electrons. The van der Waals surface area contributed by atoms with Gasteiger partial charge in [-0.2, -0.15) is 0 Å². The molecule has 3 aromatic rings. The number of aryl methyl sites for hydroxylation is 1. The number of hydrogen-bond donors (Lipinski definition) is 1. The summed E-state index contributed by atoms with van der Waals surface area (Å²) in [5.41, 5.74) is 1.10. The number of rotatable bonds is 5. The Hall–Kier alpha value is -3.48. The Morgan fingerprint density at radius 2 is 1.71 bits per heavy atom. The molecule has 1 heterocycles. The predicted molar refractivity (Wildman–Crippen MR) is 119 cm³/mol. The van der Waals surface area contributed by atoms with Gasteiger partial charge in [-0.05, 0) is 54.5 Å². The molecule has 1 unspecified atom stereocenters. The van der Waals surface area contributed by atoms with Gasteiger partial charge in [-0.3, -0.25) is 24.3 Å². The lowest BCUT2D eigenvalue weighted by Gasteiger charge is -2.27. The number of carbonyl (C=O) groups is 1. The van der Waals surface area contributed by atoms with E-state index in [0.29, 0.717) is 10.9 Å². The van der Waals surface area contributed by atoms with Gasteiger partial charge in [0.1, 0.15) is 6.04 Å². The minimum Gasteiger partial charge on any atom is -0.351 e. The molecule has 160 valence electrons. The first-order chi connectivity index (χ1) is 15.0. The minimum absolute atomic E-state index is 0.0581. The van der Waals surface area contributed by atoms with Gasteiger partial charge >= 0.3 is 0 Å². The number of amides is 1. The van der Waals surface area contributed by atoms with Gasteiger partial charge in [0.25, 0.3) is 11.2 Å². The van der Waals surface area contributed by atoms with E-state index >= 15 is 0 Å². The SMILES string of the molecule is Cc1cn(C(C(=O)NC2CCCCC2)c2ccc([N+](=O)[O-])cc2)c(=O)c2ccccc12. The van der Waals surface area contributed by atoms with Gasteiger partial charge in [0.05, 0.1) is 4.92 Å². The average molecular weight is 419 g/mol. The van der Waals surface area contributed by atoms with E-state index in [1.54, 1.807) is 30.5 Å². The van der Waals surface area contributed by atoms with E-state index in [2.05, 4.69) is 5.32 Å². The van der Waals surface area contributed by atoms with Gasteiger partial charge in [0.15, 0.2) is 0 Å². The van der Waals surface area contributed by atoms with Crippen molar-refractivity contribution in [3.05, 3.63) is 86.3 Å². The Bertz CT molecular complexity index is 1180. The summed E-state index contributed by atoms with van der Waals surface area (Å²) in [5, 5.41) is 15.6. The van der Waals surface area contributed by atoms with E-state index in [-0.39, 0.29) is 23.2 Å². The zero-order valence-electron chi connectivity index (χ0n) is 17.4. The number of aromatic nitrogens is 1. The van der Waals surface area contributed by atoms with E-state index in [9.17, 15) is 19.7 Å². The molecule has 4 rings (SSSR count). The highest BCUT2D eigenvalue weighted by atomic mass is 16.6. The average Bonchev–Trinajstić information content (AvgIpc) is 2.78. The summed E-state index contributed by atoms with van der Waals surface area (Å²) in [6.07, 6.45) is 6.86. The molecule has 0 saturated heterocycles. The molecule has 0 spiro atoms. The fourth-order valence-electron chi connectivity index (χ4n) is 4.42. The van der Waals surface area contributed by atoms with Gasteiger partial charge in [-0.15, -0.1) is 0 Å². The van der Waals surface area contributed by atoms with Crippen LogP contribution >= 0.6 is 0 Å². The molecule has 1 saturated carbocycles. The van der Waals surface area contributed by atoms with Crippen molar-refractivity contribution in [1.82, 2.24) is 9.88 Å². The Morgan fingerprint density at radius 1 is 1.06 bits per heavy atom. The lowest BCUT2D eigenvalue weighted by Crippen LogP contribution is -2.43. The van der Waals surface area contributed by atoms with Crippen LogP contribution in [0.1, 0.15) is 49.3 Å². The van der Waals surface area contributed by atoms with Gasteiger partial charge < -0.3 is 5.32 Å². The maximum Gasteiger partial charge on any atom is 0.269 e. The zero-order valence-corrected chi connectivity index (χ0v) is 17.4. The van der Waals surface area contributed by atoms with Gasteiger partial charge in [-0.1, -0.05) is 37.5 Å². The van der Waals surface area contributed by atoms with Crippen molar-refractivity contribution in [3.63, 3.8) is 0 Å². The number of nitrogens with one attached hydrogen (secondary N) is 1. The number of nitrogens with zero attached hydrogens (tertiary/aromatic N) is 2. The Balaban J connectivity index is 1.81. The standard InChI is InChI=1S/C24H25N3O4/c1-16-15-26(24(29)21-10-6-5-9-20(16)21)22(17-11-13-19(14-12-17)27(30)31)23(28)25-18-7-3-2-4-8-18/h5-6,9-15,18,22H,2-4,7-8H2,1H3,(H,25,28). The largest absolute Gasteiger partial charge is 0.351 e. The van der Waals surface area contributed by atoms with Crippen LogP contribution in [0.4, 0.5) is 5.69 Å². The maximum atomic E-state index is 13.4. The second kappa shape index (κ2) is 8.71. The molecule has 1 N–H and O–H groups in total. The van der Waals surface area contributed by atoms with Crippen molar-refractivity contribution in [3.8, 4) is 0 Å². The summed E-state index contributed by atoms with van der Waals surface area (Å²) in [4.78, 5) is 37.4. The van der Waals surface area contributed by atoms with Crippen LogP contribution in [0.15, 0.2) is 59.5 Å². The number of benzene rings is 2. The van der Waals surface area contributed by atoms with Crippen molar-refractivity contribution in [1.29, 1.82) is 0 Å². The molecule has 7 nitrogen and oxygen atoms in total. The summed E-state index contributed by atoms with van der Waals surface area (Å²) in [6.45, 7) is 1.91. The second-order valence-corrected chi connectivity index (χ2v) is 8.16. The molecule has 0 aliphatic heterocycles. The van der Waals surface area contributed by atoms with Gasteiger partial charge in [0.2, 0.25) is 5.91 Å². The maximum absolute atomic E-state index is 13.4. The molecule has 1 atom stereocenters. The lowest BCUT2D eigenvalue weighted by atomic mass is 9.94. The Labute approximate surface area is 179 Å².